The zero-order valence-corrected chi connectivity index (χ0v) is 14.5. The molecule has 0 bridgehead atoms. The summed E-state index contributed by atoms with van der Waals surface area (Å²) in [4.78, 5) is 11.1. The molecule has 0 spiro atoms. The van der Waals surface area contributed by atoms with Crippen molar-refractivity contribution in [3.63, 3.8) is 0 Å². The summed E-state index contributed by atoms with van der Waals surface area (Å²) in [6, 6.07) is 26.5. The van der Waals surface area contributed by atoms with Crippen LogP contribution in [0.2, 0.25) is 5.02 Å². The molecule has 0 saturated carbocycles. The van der Waals surface area contributed by atoms with Crippen LogP contribution in [0.25, 0.3) is 33.0 Å². The molecule has 0 aliphatic heterocycles. The van der Waals surface area contributed by atoms with Crippen molar-refractivity contribution in [2.24, 2.45) is 0 Å². The van der Waals surface area contributed by atoms with Crippen LogP contribution in [-0.4, -0.2) is 4.92 Å². The lowest BCUT2D eigenvalue weighted by Gasteiger charge is -2.12. The number of para-hydroxylation sites is 1. The van der Waals surface area contributed by atoms with E-state index in [1.54, 1.807) is 24.3 Å². The van der Waals surface area contributed by atoms with E-state index in [9.17, 15) is 10.1 Å². The van der Waals surface area contributed by atoms with Gasteiger partial charge in [0.2, 0.25) is 0 Å². The fourth-order valence-electron chi connectivity index (χ4n) is 3.21. The van der Waals surface area contributed by atoms with Crippen molar-refractivity contribution < 1.29 is 4.92 Å². The fraction of sp³-hybridized carbons (Fsp3) is 0. The predicted octanol–water partition coefficient (Wildman–Crippen LogP) is 6.74. The fourth-order valence-corrected chi connectivity index (χ4v) is 3.38. The van der Waals surface area contributed by atoms with Crippen LogP contribution in [0.3, 0.4) is 0 Å². The molecule has 0 atom stereocenters. The first-order valence-corrected chi connectivity index (χ1v) is 8.54. The predicted molar refractivity (Wildman–Crippen MR) is 106 cm³/mol. The van der Waals surface area contributed by atoms with Gasteiger partial charge in [0.05, 0.1) is 10.5 Å². The normalized spacial score (nSPS) is 10.8. The zero-order valence-electron chi connectivity index (χ0n) is 13.7. The highest BCUT2D eigenvalue weighted by atomic mass is 35.5. The molecule has 0 aliphatic carbocycles. The minimum absolute atomic E-state index is 0.0804. The summed E-state index contributed by atoms with van der Waals surface area (Å²) in [5.41, 5.74) is 3.29. The number of benzene rings is 4. The van der Waals surface area contributed by atoms with E-state index in [1.165, 1.54) is 6.07 Å². The van der Waals surface area contributed by atoms with Gasteiger partial charge in [-0.2, -0.15) is 0 Å². The van der Waals surface area contributed by atoms with E-state index in [-0.39, 0.29) is 10.6 Å². The SMILES string of the molecule is O=[N+]([O-])c1ccccc1-c1ccc(Cl)cc1-c1ccc2ccccc2c1. The molecule has 0 aliphatic rings. The van der Waals surface area contributed by atoms with Crippen molar-refractivity contribution in [2.75, 3.05) is 0 Å². The number of fused-ring (bicyclic) bond motifs is 1. The van der Waals surface area contributed by atoms with Crippen LogP contribution in [0.1, 0.15) is 0 Å². The smallest absolute Gasteiger partial charge is 0.258 e. The van der Waals surface area contributed by atoms with E-state index >= 15 is 0 Å². The molecule has 0 N–H and O–H groups in total. The van der Waals surface area contributed by atoms with Gasteiger partial charge in [-0.25, -0.2) is 0 Å². The number of halogens is 1. The molecule has 126 valence electrons. The molecular formula is C22H14ClNO2. The topological polar surface area (TPSA) is 43.1 Å². The monoisotopic (exact) mass is 359 g/mol. The highest BCUT2D eigenvalue weighted by Gasteiger charge is 2.18. The van der Waals surface area contributed by atoms with Crippen LogP contribution in [0.5, 0.6) is 0 Å². The maximum Gasteiger partial charge on any atom is 0.277 e. The quantitative estimate of drug-likeness (QED) is 0.300. The summed E-state index contributed by atoms with van der Waals surface area (Å²) in [6.45, 7) is 0. The van der Waals surface area contributed by atoms with Crippen LogP contribution in [0, 0.1) is 10.1 Å². The highest BCUT2D eigenvalue weighted by Crippen LogP contribution is 2.39. The Balaban J connectivity index is 1.97. The second-order valence-corrected chi connectivity index (χ2v) is 6.46. The number of nitro benzene ring substituents is 1. The molecule has 4 heteroatoms. The second kappa shape index (κ2) is 6.62. The Bertz CT molecular complexity index is 1140. The molecule has 4 aromatic carbocycles. The molecule has 0 aromatic heterocycles. The van der Waals surface area contributed by atoms with Gasteiger partial charge in [-0.15, -0.1) is 0 Å². The number of nitro groups is 1. The molecule has 0 heterocycles. The summed E-state index contributed by atoms with van der Waals surface area (Å²) in [5.74, 6) is 0. The van der Waals surface area contributed by atoms with Crippen LogP contribution >= 0.6 is 11.6 Å². The van der Waals surface area contributed by atoms with Crippen molar-refractivity contribution in [1.82, 2.24) is 0 Å². The van der Waals surface area contributed by atoms with Gasteiger partial charge in [-0.1, -0.05) is 66.2 Å². The Hall–Kier alpha value is -3.17. The summed E-state index contributed by atoms with van der Waals surface area (Å²) < 4.78 is 0. The standard InChI is InChI=1S/C22H14ClNO2/c23-18-11-12-19(20-7-3-4-8-22(20)24(25)26)21(14-18)17-10-9-15-5-1-2-6-16(15)13-17/h1-14H. The average molecular weight is 360 g/mol. The van der Waals surface area contributed by atoms with E-state index in [0.29, 0.717) is 10.6 Å². The molecule has 0 radical (unpaired) electrons. The van der Waals surface area contributed by atoms with E-state index in [4.69, 9.17) is 11.6 Å². The van der Waals surface area contributed by atoms with E-state index in [0.717, 1.165) is 27.5 Å². The van der Waals surface area contributed by atoms with Gasteiger partial charge in [0.1, 0.15) is 0 Å². The van der Waals surface area contributed by atoms with Gasteiger partial charge in [0.25, 0.3) is 5.69 Å². The van der Waals surface area contributed by atoms with Crippen molar-refractivity contribution in [1.29, 1.82) is 0 Å². The molecule has 4 rings (SSSR count). The minimum atomic E-state index is -0.353. The minimum Gasteiger partial charge on any atom is -0.258 e. The maximum absolute atomic E-state index is 11.5. The van der Waals surface area contributed by atoms with Gasteiger partial charge < -0.3 is 0 Å². The molecule has 0 amide bonds. The van der Waals surface area contributed by atoms with Gasteiger partial charge in [0, 0.05) is 11.1 Å². The summed E-state index contributed by atoms with van der Waals surface area (Å²) in [7, 11) is 0. The average Bonchev–Trinajstić information content (AvgIpc) is 2.67. The first-order chi connectivity index (χ1) is 12.6. The molecule has 3 nitrogen and oxygen atoms in total. The Kier molecular flexibility index (Phi) is 4.15. The van der Waals surface area contributed by atoms with Crippen molar-refractivity contribution in [3.8, 4) is 22.3 Å². The van der Waals surface area contributed by atoms with Gasteiger partial charge >= 0.3 is 0 Å². The lowest BCUT2D eigenvalue weighted by molar-refractivity contribution is -0.384. The summed E-state index contributed by atoms with van der Waals surface area (Å²) in [6.07, 6.45) is 0. The molecule has 0 fully saturated rings. The third-order valence-corrected chi connectivity index (χ3v) is 4.67. The highest BCUT2D eigenvalue weighted by molar-refractivity contribution is 6.31. The summed E-state index contributed by atoms with van der Waals surface area (Å²) >= 11 is 6.24. The van der Waals surface area contributed by atoms with Crippen LogP contribution < -0.4 is 0 Å². The Labute approximate surface area is 155 Å². The van der Waals surface area contributed by atoms with Gasteiger partial charge in [-0.05, 0) is 51.7 Å². The second-order valence-electron chi connectivity index (χ2n) is 6.03. The van der Waals surface area contributed by atoms with Crippen LogP contribution in [0.4, 0.5) is 5.69 Å². The lowest BCUT2D eigenvalue weighted by Crippen LogP contribution is -1.93. The van der Waals surface area contributed by atoms with Crippen molar-refractivity contribution in [2.45, 2.75) is 0 Å². The molecule has 0 saturated heterocycles. The summed E-state index contributed by atoms with van der Waals surface area (Å²) in [5, 5.41) is 14.3. The first kappa shape index (κ1) is 16.3. The van der Waals surface area contributed by atoms with Crippen LogP contribution in [0.15, 0.2) is 84.9 Å². The number of hydrogen-bond donors (Lipinski definition) is 0. The van der Waals surface area contributed by atoms with Crippen molar-refractivity contribution in [3.05, 3.63) is 100 Å². The Morgan fingerprint density at radius 1 is 0.692 bits per heavy atom. The van der Waals surface area contributed by atoms with Gasteiger partial charge in [0.15, 0.2) is 0 Å². The molecule has 26 heavy (non-hydrogen) atoms. The maximum atomic E-state index is 11.5. The first-order valence-electron chi connectivity index (χ1n) is 8.16. The zero-order chi connectivity index (χ0) is 18.1. The van der Waals surface area contributed by atoms with E-state index < -0.39 is 0 Å². The van der Waals surface area contributed by atoms with Crippen molar-refractivity contribution >= 4 is 28.1 Å². The molecule has 4 aromatic rings. The Morgan fingerprint density at radius 2 is 1.42 bits per heavy atom. The molecular weight excluding hydrogens is 346 g/mol. The Morgan fingerprint density at radius 3 is 2.23 bits per heavy atom. The van der Waals surface area contributed by atoms with E-state index in [2.05, 4.69) is 18.2 Å². The largest absolute Gasteiger partial charge is 0.277 e. The van der Waals surface area contributed by atoms with Gasteiger partial charge in [-0.3, -0.25) is 10.1 Å². The third-order valence-electron chi connectivity index (χ3n) is 4.43. The number of rotatable bonds is 3. The number of hydrogen-bond acceptors (Lipinski definition) is 2. The molecule has 0 unspecified atom stereocenters. The van der Waals surface area contributed by atoms with E-state index in [1.807, 2.05) is 36.4 Å². The third kappa shape index (κ3) is 2.93. The number of nitrogens with zero attached hydrogens (tertiary/aromatic N) is 1. The lowest BCUT2D eigenvalue weighted by atomic mass is 9.92. The van der Waals surface area contributed by atoms with Crippen LogP contribution in [-0.2, 0) is 0 Å².